The van der Waals surface area contributed by atoms with Gasteiger partial charge in [-0.25, -0.2) is 0 Å². The molecule has 1 aliphatic heterocycles. The normalized spacial score (nSPS) is 28.9. The van der Waals surface area contributed by atoms with Crippen LogP contribution in [0.25, 0.3) is 0 Å². The number of hydrogen-bond donors (Lipinski definition) is 2. The van der Waals surface area contributed by atoms with Crippen molar-refractivity contribution in [2.24, 2.45) is 5.92 Å². The van der Waals surface area contributed by atoms with Crippen molar-refractivity contribution in [1.82, 2.24) is 4.90 Å². The van der Waals surface area contributed by atoms with E-state index in [9.17, 15) is 5.11 Å². The minimum atomic E-state index is -0.392. The number of nitrogen functional groups attached to an aromatic ring is 1. The van der Waals surface area contributed by atoms with Gasteiger partial charge < -0.3 is 10.8 Å². The highest BCUT2D eigenvalue weighted by molar-refractivity contribution is 5.39. The van der Waals surface area contributed by atoms with E-state index in [0.717, 1.165) is 30.3 Å². The molecule has 20 heavy (non-hydrogen) atoms. The molecular formula is C17H26N2O. The van der Waals surface area contributed by atoms with E-state index < -0.39 is 6.10 Å². The molecule has 0 spiro atoms. The van der Waals surface area contributed by atoms with Gasteiger partial charge in [-0.2, -0.15) is 0 Å². The summed E-state index contributed by atoms with van der Waals surface area (Å²) < 4.78 is 0. The number of fused-ring (bicyclic) bond motifs is 1. The predicted molar refractivity (Wildman–Crippen MR) is 82.4 cm³/mol. The Morgan fingerprint density at radius 3 is 2.60 bits per heavy atom. The Morgan fingerprint density at radius 1 is 1.10 bits per heavy atom. The van der Waals surface area contributed by atoms with Crippen molar-refractivity contribution >= 4 is 5.69 Å². The largest absolute Gasteiger partial charge is 0.399 e. The van der Waals surface area contributed by atoms with Gasteiger partial charge in [-0.3, -0.25) is 4.90 Å². The third-order valence-corrected chi connectivity index (χ3v) is 5.09. The Bertz CT molecular complexity index is 429. The first-order valence-corrected chi connectivity index (χ1v) is 8.01. The summed E-state index contributed by atoms with van der Waals surface area (Å²) in [6.07, 6.45) is 7.74. The molecule has 1 aliphatic carbocycles. The Labute approximate surface area is 121 Å². The van der Waals surface area contributed by atoms with Gasteiger partial charge in [-0.1, -0.05) is 25.0 Å². The van der Waals surface area contributed by atoms with Gasteiger partial charge in [0.15, 0.2) is 0 Å². The van der Waals surface area contributed by atoms with Crippen molar-refractivity contribution in [1.29, 1.82) is 0 Å². The molecule has 3 atom stereocenters. The van der Waals surface area contributed by atoms with Crippen molar-refractivity contribution in [2.75, 3.05) is 18.8 Å². The Balaban J connectivity index is 1.65. The fraction of sp³-hybridized carbons (Fsp3) is 0.647. The van der Waals surface area contributed by atoms with Crippen molar-refractivity contribution < 1.29 is 5.11 Å². The number of nitrogens with two attached hydrogens (primary N) is 1. The molecule has 0 radical (unpaired) electrons. The molecule has 0 amide bonds. The van der Waals surface area contributed by atoms with E-state index >= 15 is 0 Å². The Hall–Kier alpha value is -1.06. The minimum Gasteiger partial charge on any atom is -0.399 e. The van der Waals surface area contributed by atoms with E-state index in [4.69, 9.17) is 5.73 Å². The van der Waals surface area contributed by atoms with Crippen molar-refractivity contribution in [3.8, 4) is 0 Å². The van der Waals surface area contributed by atoms with Crippen molar-refractivity contribution in [2.45, 2.75) is 50.7 Å². The molecule has 3 heteroatoms. The fourth-order valence-electron chi connectivity index (χ4n) is 4.00. The number of anilines is 1. The van der Waals surface area contributed by atoms with Gasteiger partial charge in [0.2, 0.25) is 0 Å². The van der Waals surface area contributed by atoms with E-state index in [1.165, 1.54) is 38.5 Å². The van der Waals surface area contributed by atoms with Gasteiger partial charge in [0.1, 0.15) is 0 Å². The molecule has 3 nitrogen and oxygen atoms in total. The summed E-state index contributed by atoms with van der Waals surface area (Å²) in [5.74, 6) is 0.871. The first kappa shape index (κ1) is 13.9. The van der Waals surface area contributed by atoms with Crippen LogP contribution in [-0.2, 0) is 0 Å². The number of likely N-dealkylation sites (tertiary alicyclic amines) is 1. The summed E-state index contributed by atoms with van der Waals surface area (Å²) in [6.45, 7) is 1.91. The second-order valence-corrected chi connectivity index (χ2v) is 6.43. The molecule has 1 heterocycles. The lowest BCUT2D eigenvalue weighted by Crippen LogP contribution is -2.48. The van der Waals surface area contributed by atoms with Crippen LogP contribution in [0.2, 0.25) is 0 Å². The summed E-state index contributed by atoms with van der Waals surface area (Å²) in [5, 5.41) is 10.5. The van der Waals surface area contributed by atoms with Gasteiger partial charge in [0, 0.05) is 18.3 Å². The van der Waals surface area contributed by atoms with Crippen LogP contribution in [0.5, 0.6) is 0 Å². The highest BCUT2D eigenvalue weighted by Crippen LogP contribution is 2.36. The quantitative estimate of drug-likeness (QED) is 0.833. The number of benzene rings is 1. The zero-order chi connectivity index (χ0) is 13.9. The number of rotatable bonds is 3. The molecule has 1 saturated heterocycles. The van der Waals surface area contributed by atoms with Gasteiger partial charge in [0.25, 0.3) is 0 Å². The molecule has 3 N–H and O–H groups in total. The second kappa shape index (κ2) is 6.15. The van der Waals surface area contributed by atoms with E-state index in [1.54, 1.807) is 0 Å². The maximum absolute atomic E-state index is 10.5. The van der Waals surface area contributed by atoms with Gasteiger partial charge in [0.05, 0.1) is 6.10 Å². The van der Waals surface area contributed by atoms with Crippen LogP contribution in [-0.4, -0.2) is 29.1 Å². The summed E-state index contributed by atoms with van der Waals surface area (Å²) in [7, 11) is 0. The van der Waals surface area contributed by atoms with Crippen LogP contribution >= 0.6 is 0 Å². The molecule has 3 rings (SSSR count). The van der Waals surface area contributed by atoms with Crippen molar-refractivity contribution in [3.05, 3.63) is 29.8 Å². The Morgan fingerprint density at radius 2 is 1.80 bits per heavy atom. The lowest BCUT2D eigenvalue weighted by Gasteiger charge is -2.44. The molecular weight excluding hydrogens is 248 g/mol. The fourth-order valence-corrected chi connectivity index (χ4v) is 4.00. The molecule has 110 valence electrons. The number of aliphatic hydroxyl groups excluding tert-OH is 1. The van der Waals surface area contributed by atoms with Crippen LogP contribution in [0.4, 0.5) is 5.69 Å². The SMILES string of the molecule is Nc1ccc(C(O)CN2CCCC3CCCCC32)cc1. The zero-order valence-electron chi connectivity index (χ0n) is 12.2. The van der Waals surface area contributed by atoms with E-state index in [1.807, 2.05) is 24.3 Å². The Kier molecular flexibility index (Phi) is 4.27. The molecule has 1 saturated carbocycles. The molecule has 2 fully saturated rings. The maximum Gasteiger partial charge on any atom is 0.0917 e. The standard InChI is InChI=1S/C17H26N2O/c18-15-9-7-14(8-10-15)17(20)12-19-11-3-5-13-4-1-2-6-16(13)19/h7-10,13,16-17,20H,1-6,11-12,18H2. The molecule has 1 aromatic carbocycles. The van der Waals surface area contributed by atoms with Crippen LogP contribution in [0.15, 0.2) is 24.3 Å². The van der Waals surface area contributed by atoms with Gasteiger partial charge in [-0.05, 0) is 55.8 Å². The maximum atomic E-state index is 10.5. The number of hydrogen-bond acceptors (Lipinski definition) is 3. The van der Waals surface area contributed by atoms with E-state index in [-0.39, 0.29) is 0 Å². The highest BCUT2D eigenvalue weighted by atomic mass is 16.3. The van der Waals surface area contributed by atoms with Crippen LogP contribution in [0, 0.1) is 5.92 Å². The highest BCUT2D eigenvalue weighted by Gasteiger charge is 2.33. The third kappa shape index (κ3) is 2.99. The number of aliphatic hydroxyl groups is 1. The molecule has 0 bridgehead atoms. The lowest BCUT2D eigenvalue weighted by molar-refractivity contribution is 0.0205. The predicted octanol–water partition coefficient (Wildman–Crippen LogP) is 2.96. The smallest absolute Gasteiger partial charge is 0.0917 e. The minimum absolute atomic E-state index is 0.392. The second-order valence-electron chi connectivity index (χ2n) is 6.43. The van der Waals surface area contributed by atoms with Crippen LogP contribution < -0.4 is 5.73 Å². The van der Waals surface area contributed by atoms with Crippen molar-refractivity contribution in [3.63, 3.8) is 0 Å². The first-order chi connectivity index (χ1) is 9.74. The first-order valence-electron chi connectivity index (χ1n) is 8.01. The molecule has 3 unspecified atom stereocenters. The molecule has 1 aromatic rings. The third-order valence-electron chi connectivity index (χ3n) is 5.09. The lowest BCUT2D eigenvalue weighted by atomic mass is 9.78. The average molecular weight is 274 g/mol. The molecule has 0 aromatic heterocycles. The van der Waals surface area contributed by atoms with Crippen LogP contribution in [0.1, 0.15) is 50.2 Å². The zero-order valence-corrected chi connectivity index (χ0v) is 12.2. The number of piperidine rings is 1. The topological polar surface area (TPSA) is 49.5 Å². The average Bonchev–Trinajstić information content (AvgIpc) is 2.48. The molecule has 2 aliphatic rings. The van der Waals surface area contributed by atoms with Gasteiger partial charge in [-0.15, -0.1) is 0 Å². The van der Waals surface area contributed by atoms with E-state index in [2.05, 4.69) is 4.90 Å². The summed E-state index contributed by atoms with van der Waals surface area (Å²) in [6, 6.07) is 8.35. The number of nitrogens with zero attached hydrogens (tertiary/aromatic N) is 1. The summed E-state index contributed by atoms with van der Waals surface area (Å²) in [5.41, 5.74) is 7.45. The van der Waals surface area contributed by atoms with Crippen LogP contribution in [0.3, 0.4) is 0 Å². The number of β-amino-alcohol motifs (C(OH)–C–C–N with tert-alkyl or cyclic N) is 1. The van der Waals surface area contributed by atoms with E-state index in [0.29, 0.717) is 6.04 Å². The monoisotopic (exact) mass is 274 g/mol. The summed E-state index contributed by atoms with van der Waals surface area (Å²) in [4.78, 5) is 2.54. The van der Waals surface area contributed by atoms with Gasteiger partial charge >= 0.3 is 0 Å². The summed E-state index contributed by atoms with van der Waals surface area (Å²) >= 11 is 0.